The molecule has 0 aliphatic heterocycles. The molecule has 0 aromatic rings. The Morgan fingerprint density at radius 1 is 0.793 bits per heavy atom. The van der Waals surface area contributed by atoms with Crippen molar-refractivity contribution in [3.05, 3.63) is 0 Å². The van der Waals surface area contributed by atoms with Crippen molar-refractivity contribution in [2.75, 3.05) is 83.6 Å². The lowest BCUT2D eigenvalue weighted by Crippen LogP contribution is -2.37. The average molecular weight is 454 g/mol. The van der Waals surface area contributed by atoms with Gasteiger partial charge in [0.1, 0.15) is 6.61 Å². The number of carbonyl (C=O) groups is 1. The zero-order valence-electron chi connectivity index (χ0n) is 17.8. The summed E-state index contributed by atoms with van der Waals surface area (Å²) in [6.45, 7) is 7.91. The lowest BCUT2D eigenvalue weighted by molar-refractivity contribution is -0.127. The molecule has 1 atom stereocenters. The quantitative estimate of drug-likeness (QED) is 0.0733. The predicted molar refractivity (Wildman–Crippen MR) is 127 cm³/mol. The number of ether oxygens (including phenoxy) is 1. The molecule has 1 amide bonds. The van der Waals surface area contributed by atoms with Gasteiger partial charge in [0.2, 0.25) is 5.91 Å². The molecule has 29 heavy (non-hydrogen) atoms. The van der Waals surface area contributed by atoms with Gasteiger partial charge in [-0.25, -0.2) is 0 Å². The molecule has 0 radical (unpaired) electrons. The van der Waals surface area contributed by atoms with Gasteiger partial charge in [-0.2, -0.15) is 0 Å². The maximum atomic E-state index is 12.0. The monoisotopic (exact) mass is 453 g/mol. The number of amides is 1. The number of rotatable bonds is 23. The maximum absolute atomic E-state index is 12.0. The average Bonchev–Trinajstić information content (AvgIpc) is 2.73. The second kappa shape index (κ2) is 24.2. The van der Waals surface area contributed by atoms with E-state index in [-0.39, 0.29) is 18.6 Å². The Morgan fingerprint density at radius 2 is 1.45 bits per heavy atom. The summed E-state index contributed by atoms with van der Waals surface area (Å²) < 4.78 is 5.82. The first-order valence-corrected chi connectivity index (χ1v) is 13.1. The third kappa shape index (κ3) is 22.4. The molecule has 0 saturated carbocycles. The van der Waals surface area contributed by atoms with Crippen LogP contribution in [0.2, 0.25) is 0 Å². The van der Waals surface area contributed by atoms with Crippen LogP contribution in [0.3, 0.4) is 0 Å². The van der Waals surface area contributed by atoms with Gasteiger partial charge in [-0.3, -0.25) is 4.79 Å². The molecule has 10 N–H and O–H groups in total. The highest BCUT2D eigenvalue weighted by Gasteiger charge is 2.11. The molecule has 0 bridgehead atoms. The first kappa shape index (κ1) is 28.9. The van der Waals surface area contributed by atoms with E-state index in [0.29, 0.717) is 26.2 Å². The topological polar surface area (TPSA) is 152 Å². The van der Waals surface area contributed by atoms with Gasteiger partial charge in [-0.05, 0) is 52.0 Å². The summed E-state index contributed by atoms with van der Waals surface area (Å²) in [7, 11) is 3.56. The van der Waals surface area contributed by atoms with E-state index in [1.54, 1.807) is 21.6 Å². The third-order valence-electron chi connectivity index (χ3n) is 3.85. The van der Waals surface area contributed by atoms with Crippen LogP contribution in [0.5, 0.6) is 0 Å². The van der Waals surface area contributed by atoms with Crippen molar-refractivity contribution >= 4 is 27.5 Å². The van der Waals surface area contributed by atoms with Crippen LogP contribution in [0.15, 0.2) is 0 Å². The Kier molecular flexibility index (Phi) is 24.1. The zero-order valence-corrected chi connectivity index (χ0v) is 19.4. The number of hydrogen-bond donors (Lipinski definition) is 7. The maximum Gasteiger partial charge on any atom is 0.246 e. The first-order valence-electron chi connectivity index (χ1n) is 10.6. The highest BCUT2D eigenvalue weighted by atomic mass is 33.1. The van der Waals surface area contributed by atoms with Gasteiger partial charge in [-0.1, -0.05) is 21.6 Å². The molecule has 174 valence electrons. The molecule has 0 spiro atoms. The molecule has 0 fully saturated rings. The number of hydrogen-bond acceptors (Lipinski definition) is 10. The molecule has 0 rings (SSSR count). The largest absolute Gasteiger partial charge is 0.367 e. The lowest BCUT2D eigenvalue weighted by Gasteiger charge is -2.19. The fraction of sp³-hybridized carbons (Fsp3) is 0.944. The van der Waals surface area contributed by atoms with Gasteiger partial charge < -0.3 is 43.2 Å². The minimum atomic E-state index is -0.0664. The van der Waals surface area contributed by atoms with E-state index in [1.165, 1.54) is 0 Å². The molecule has 0 aliphatic carbocycles. The van der Waals surface area contributed by atoms with Crippen molar-refractivity contribution in [2.24, 2.45) is 17.2 Å². The summed E-state index contributed by atoms with van der Waals surface area (Å²) in [5.74, 6) is 1.84. The summed E-state index contributed by atoms with van der Waals surface area (Å²) in [4.78, 5) is 12.0. The third-order valence-corrected chi connectivity index (χ3v) is 6.26. The summed E-state index contributed by atoms with van der Waals surface area (Å²) >= 11 is 0. The molecular weight excluding hydrogens is 410 g/mol. The minimum Gasteiger partial charge on any atom is -0.367 e. The van der Waals surface area contributed by atoms with Crippen molar-refractivity contribution in [3.63, 3.8) is 0 Å². The van der Waals surface area contributed by atoms with Gasteiger partial charge in [-0.15, -0.1) is 0 Å². The first-order chi connectivity index (χ1) is 14.2. The molecular formula is C18H43N7O2S2. The zero-order chi connectivity index (χ0) is 21.4. The van der Waals surface area contributed by atoms with E-state index in [2.05, 4.69) is 21.3 Å². The van der Waals surface area contributed by atoms with E-state index in [1.807, 2.05) is 0 Å². The molecule has 0 saturated heterocycles. The lowest BCUT2D eigenvalue weighted by atomic mass is 10.2. The SMILES string of the molecule is NCCCNCCC(CNCCCN)OCC(=O)NCCSSCCNCCN. The minimum absolute atomic E-state index is 0.00477. The highest BCUT2D eigenvalue weighted by molar-refractivity contribution is 8.76. The van der Waals surface area contributed by atoms with Gasteiger partial charge in [0, 0.05) is 44.2 Å². The van der Waals surface area contributed by atoms with Gasteiger partial charge in [0.15, 0.2) is 0 Å². The number of carbonyl (C=O) groups excluding carboxylic acids is 1. The van der Waals surface area contributed by atoms with E-state index in [9.17, 15) is 4.79 Å². The molecule has 0 aliphatic rings. The number of nitrogens with one attached hydrogen (secondary N) is 4. The van der Waals surface area contributed by atoms with E-state index >= 15 is 0 Å². The van der Waals surface area contributed by atoms with Crippen LogP contribution in [0.25, 0.3) is 0 Å². The second-order valence-electron chi connectivity index (χ2n) is 6.49. The molecule has 0 aromatic carbocycles. The van der Waals surface area contributed by atoms with Crippen LogP contribution in [0.1, 0.15) is 19.3 Å². The number of nitrogens with two attached hydrogens (primary N) is 3. The van der Waals surface area contributed by atoms with Gasteiger partial charge in [0.05, 0.1) is 6.10 Å². The van der Waals surface area contributed by atoms with Crippen LogP contribution in [-0.4, -0.2) is 95.6 Å². The Balaban J connectivity index is 3.80. The van der Waals surface area contributed by atoms with E-state index < -0.39 is 0 Å². The van der Waals surface area contributed by atoms with Gasteiger partial charge >= 0.3 is 0 Å². The van der Waals surface area contributed by atoms with Crippen LogP contribution >= 0.6 is 21.6 Å². The van der Waals surface area contributed by atoms with Gasteiger partial charge in [0.25, 0.3) is 0 Å². The summed E-state index contributed by atoms with van der Waals surface area (Å²) in [6.07, 6.45) is 2.73. The summed E-state index contributed by atoms with van der Waals surface area (Å²) in [5, 5.41) is 12.9. The summed E-state index contributed by atoms with van der Waals surface area (Å²) in [6, 6.07) is 0. The van der Waals surface area contributed by atoms with Crippen LogP contribution in [-0.2, 0) is 9.53 Å². The van der Waals surface area contributed by atoms with Crippen LogP contribution in [0, 0.1) is 0 Å². The van der Waals surface area contributed by atoms with Crippen molar-refractivity contribution in [3.8, 4) is 0 Å². The molecule has 0 aromatic heterocycles. The van der Waals surface area contributed by atoms with Crippen LogP contribution < -0.4 is 38.5 Å². The second-order valence-corrected chi connectivity index (χ2v) is 9.19. The van der Waals surface area contributed by atoms with Crippen LogP contribution in [0.4, 0.5) is 0 Å². The molecule has 9 nitrogen and oxygen atoms in total. The molecule has 11 heteroatoms. The molecule has 1 unspecified atom stereocenters. The Bertz CT molecular complexity index is 358. The van der Waals surface area contributed by atoms with Crippen molar-refractivity contribution in [1.29, 1.82) is 0 Å². The van der Waals surface area contributed by atoms with Crippen molar-refractivity contribution < 1.29 is 9.53 Å². The highest BCUT2D eigenvalue weighted by Crippen LogP contribution is 2.19. The fourth-order valence-electron chi connectivity index (χ4n) is 2.28. The Labute approximate surface area is 184 Å². The molecule has 0 heterocycles. The van der Waals surface area contributed by atoms with E-state index in [4.69, 9.17) is 21.9 Å². The van der Waals surface area contributed by atoms with Crippen molar-refractivity contribution in [2.45, 2.75) is 25.4 Å². The van der Waals surface area contributed by atoms with E-state index in [0.717, 1.165) is 70.0 Å². The normalized spacial score (nSPS) is 12.2. The predicted octanol–water partition coefficient (Wildman–Crippen LogP) is -1.32. The Hall–Kier alpha value is -0.110. The standard InChI is InChI=1S/C18H43N7O2S2/c19-4-1-7-22-9-3-17(15-24-8-2-5-20)27-16-18(26)25-12-14-29-28-13-11-23-10-6-21/h17,22-24H,1-16,19-21H2,(H,25,26). The van der Waals surface area contributed by atoms with Crippen molar-refractivity contribution in [1.82, 2.24) is 21.3 Å². The fourth-order valence-corrected chi connectivity index (χ4v) is 4.14. The smallest absolute Gasteiger partial charge is 0.246 e. The summed E-state index contributed by atoms with van der Waals surface area (Å²) in [5.41, 5.74) is 16.4. The Morgan fingerprint density at radius 3 is 2.14 bits per heavy atom.